The average molecular weight is 381 g/mol. The molecule has 0 radical (unpaired) electrons. The van der Waals surface area contributed by atoms with Gasteiger partial charge in [0.15, 0.2) is 0 Å². The highest BCUT2D eigenvalue weighted by Gasteiger charge is 2.51. The first-order valence-electron chi connectivity index (χ1n) is 9.61. The minimum Gasteiger partial charge on any atom is -0.450 e. The number of carbonyl (C=O) groups is 2. The van der Waals surface area contributed by atoms with E-state index in [9.17, 15) is 9.59 Å². The van der Waals surface area contributed by atoms with Gasteiger partial charge in [-0.15, -0.1) is 0 Å². The number of anilines is 1. The Morgan fingerprint density at radius 1 is 0.828 bits per heavy atom. The Hall–Kier alpha value is -3.66. The summed E-state index contributed by atoms with van der Waals surface area (Å²) in [5, 5.41) is 4.31. The molecule has 4 heteroatoms. The van der Waals surface area contributed by atoms with Gasteiger partial charge in [0.05, 0.1) is 5.69 Å². The van der Waals surface area contributed by atoms with E-state index in [0.717, 1.165) is 32.8 Å². The van der Waals surface area contributed by atoms with Gasteiger partial charge in [-0.3, -0.25) is 14.5 Å². The molecule has 0 N–H and O–H groups in total. The fourth-order valence-electron chi connectivity index (χ4n) is 4.23. The van der Waals surface area contributed by atoms with E-state index in [4.69, 9.17) is 4.74 Å². The summed E-state index contributed by atoms with van der Waals surface area (Å²) in [6.45, 7) is 1.34. The molecule has 1 saturated heterocycles. The summed E-state index contributed by atoms with van der Waals surface area (Å²) in [5.41, 5.74) is 1.78. The van der Waals surface area contributed by atoms with Crippen molar-refractivity contribution in [1.29, 1.82) is 0 Å². The first-order valence-corrected chi connectivity index (χ1v) is 9.61. The standard InChI is InChI=1S/C25H19NO3/c1-16(27)29-24-23(17-9-3-2-4-10-17)26(25(24)28)22-15-18-11-5-6-12-19(18)20-13-7-8-14-21(20)22/h2-15,23-24H,1H3/t23?,24-/m1/s1. The first kappa shape index (κ1) is 17.4. The van der Waals surface area contributed by atoms with E-state index in [2.05, 4.69) is 24.3 Å². The average Bonchev–Trinajstić information content (AvgIpc) is 2.76. The zero-order valence-electron chi connectivity index (χ0n) is 15.9. The molecule has 4 nitrogen and oxygen atoms in total. The van der Waals surface area contributed by atoms with E-state index < -0.39 is 12.1 Å². The summed E-state index contributed by atoms with van der Waals surface area (Å²) >= 11 is 0. The van der Waals surface area contributed by atoms with E-state index in [-0.39, 0.29) is 11.9 Å². The van der Waals surface area contributed by atoms with Crippen molar-refractivity contribution in [2.75, 3.05) is 4.90 Å². The minimum atomic E-state index is -0.805. The number of carbonyl (C=O) groups excluding carboxylic acids is 2. The lowest BCUT2D eigenvalue weighted by Crippen LogP contribution is -2.60. The molecule has 2 atom stereocenters. The zero-order valence-corrected chi connectivity index (χ0v) is 15.9. The maximum absolute atomic E-state index is 13.1. The van der Waals surface area contributed by atoms with Crippen LogP contribution in [0, 0.1) is 0 Å². The molecule has 1 heterocycles. The third-order valence-electron chi connectivity index (χ3n) is 5.49. The van der Waals surface area contributed by atoms with Gasteiger partial charge in [-0.25, -0.2) is 0 Å². The Kier molecular flexibility index (Phi) is 4.06. The number of nitrogens with zero attached hydrogens (tertiary/aromatic N) is 1. The molecule has 1 unspecified atom stereocenters. The van der Waals surface area contributed by atoms with Crippen LogP contribution in [-0.2, 0) is 14.3 Å². The Morgan fingerprint density at radius 3 is 2.17 bits per heavy atom. The normalized spacial score (nSPS) is 18.7. The molecule has 4 aromatic carbocycles. The van der Waals surface area contributed by atoms with Gasteiger partial charge in [0, 0.05) is 12.3 Å². The van der Waals surface area contributed by atoms with E-state index in [1.807, 2.05) is 60.7 Å². The molecule has 29 heavy (non-hydrogen) atoms. The predicted octanol–water partition coefficient (Wildman–Crippen LogP) is 5.01. The van der Waals surface area contributed by atoms with Crippen LogP contribution in [-0.4, -0.2) is 18.0 Å². The molecule has 5 rings (SSSR count). The topological polar surface area (TPSA) is 46.6 Å². The highest BCUT2D eigenvalue weighted by Crippen LogP contribution is 2.45. The lowest BCUT2D eigenvalue weighted by atomic mass is 9.88. The summed E-state index contributed by atoms with van der Waals surface area (Å²) in [4.78, 5) is 26.5. The molecule has 0 spiro atoms. The molecule has 142 valence electrons. The third-order valence-corrected chi connectivity index (χ3v) is 5.49. The zero-order chi connectivity index (χ0) is 20.0. The number of ether oxygens (including phenoxy) is 1. The van der Waals surface area contributed by atoms with Crippen molar-refractivity contribution in [2.45, 2.75) is 19.1 Å². The third kappa shape index (κ3) is 2.76. The minimum absolute atomic E-state index is 0.200. The van der Waals surface area contributed by atoms with Gasteiger partial charge in [0.25, 0.3) is 5.91 Å². The molecule has 1 aliphatic heterocycles. The van der Waals surface area contributed by atoms with Crippen LogP contribution in [0.1, 0.15) is 18.5 Å². The van der Waals surface area contributed by atoms with E-state index >= 15 is 0 Å². The molecular formula is C25H19NO3. The second kappa shape index (κ2) is 6.74. The Morgan fingerprint density at radius 2 is 1.45 bits per heavy atom. The van der Waals surface area contributed by atoms with Gasteiger partial charge in [0.2, 0.25) is 6.10 Å². The second-order valence-corrected chi connectivity index (χ2v) is 7.26. The van der Waals surface area contributed by atoms with Crippen molar-refractivity contribution in [3.05, 3.63) is 90.5 Å². The second-order valence-electron chi connectivity index (χ2n) is 7.26. The van der Waals surface area contributed by atoms with Crippen molar-refractivity contribution >= 4 is 39.1 Å². The molecule has 0 aliphatic carbocycles. The van der Waals surface area contributed by atoms with E-state index in [0.29, 0.717) is 0 Å². The van der Waals surface area contributed by atoms with Crippen LogP contribution in [0.25, 0.3) is 21.5 Å². The van der Waals surface area contributed by atoms with E-state index in [1.165, 1.54) is 6.92 Å². The Balaban J connectivity index is 1.72. The molecule has 0 aromatic heterocycles. The van der Waals surface area contributed by atoms with Gasteiger partial charge < -0.3 is 4.74 Å². The molecule has 4 aromatic rings. The number of β-lactam (4-membered cyclic amide) rings is 1. The Bertz CT molecular complexity index is 1250. The van der Waals surface area contributed by atoms with Crippen LogP contribution in [0.3, 0.4) is 0 Å². The monoisotopic (exact) mass is 381 g/mol. The summed E-state index contributed by atoms with van der Waals surface area (Å²) in [5.74, 6) is -0.651. The number of benzene rings is 4. The highest BCUT2D eigenvalue weighted by molar-refractivity contribution is 6.18. The number of amides is 1. The molecule has 1 aliphatic rings. The lowest BCUT2D eigenvalue weighted by molar-refractivity contribution is -0.160. The molecular weight excluding hydrogens is 362 g/mol. The summed E-state index contributed by atoms with van der Waals surface area (Å²) < 4.78 is 5.39. The SMILES string of the molecule is CC(=O)O[C@H]1C(=O)N(c2cc3ccccc3c3ccccc23)C1c1ccccc1. The van der Waals surface area contributed by atoms with Crippen molar-refractivity contribution in [2.24, 2.45) is 0 Å². The number of hydrogen-bond donors (Lipinski definition) is 0. The highest BCUT2D eigenvalue weighted by atomic mass is 16.6. The van der Waals surface area contributed by atoms with Gasteiger partial charge in [0.1, 0.15) is 6.04 Å². The molecule has 0 saturated carbocycles. The van der Waals surface area contributed by atoms with Crippen LogP contribution in [0.15, 0.2) is 84.9 Å². The van der Waals surface area contributed by atoms with Crippen molar-refractivity contribution < 1.29 is 14.3 Å². The van der Waals surface area contributed by atoms with Gasteiger partial charge in [-0.05, 0) is 27.8 Å². The number of fused-ring (bicyclic) bond motifs is 3. The predicted molar refractivity (Wildman–Crippen MR) is 114 cm³/mol. The fourth-order valence-corrected chi connectivity index (χ4v) is 4.23. The van der Waals surface area contributed by atoms with E-state index in [1.54, 1.807) is 4.90 Å². The largest absolute Gasteiger partial charge is 0.450 e. The van der Waals surface area contributed by atoms with Gasteiger partial charge in [-0.2, -0.15) is 0 Å². The van der Waals surface area contributed by atoms with Crippen LogP contribution in [0.4, 0.5) is 5.69 Å². The van der Waals surface area contributed by atoms with Crippen LogP contribution < -0.4 is 4.90 Å². The Labute approximate surface area is 168 Å². The summed E-state index contributed by atoms with van der Waals surface area (Å²) in [6.07, 6.45) is -0.805. The molecule has 1 fully saturated rings. The van der Waals surface area contributed by atoms with Gasteiger partial charge >= 0.3 is 5.97 Å². The van der Waals surface area contributed by atoms with Crippen LogP contribution in [0.5, 0.6) is 0 Å². The van der Waals surface area contributed by atoms with Crippen molar-refractivity contribution in [1.82, 2.24) is 0 Å². The van der Waals surface area contributed by atoms with Gasteiger partial charge in [-0.1, -0.05) is 78.9 Å². The maximum atomic E-state index is 13.1. The number of rotatable bonds is 3. The van der Waals surface area contributed by atoms with Crippen molar-refractivity contribution in [3.8, 4) is 0 Å². The maximum Gasteiger partial charge on any atom is 0.303 e. The smallest absolute Gasteiger partial charge is 0.303 e. The van der Waals surface area contributed by atoms with Crippen LogP contribution in [0.2, 0.25) is 0 Å². The number of hydrogen-bond acceptors (Lipinski definition) is 3. The molecule has 1 amide bonds. The number of esters is 1. The summed E-state index contributed by atoms with van der Waals surface area (Å²) in [7, 11) is 0. The molecule has 0 bridgehead atoms. The fraction of sp³-hybridized carbons (Fsp3) is 0.120. The summed E-state index contributed by atoms with van der Waals surface area (Å²) in [6, 6.07) is 27.7. The van der Waals surface area contributed by atoms with Crippen LogP contribution >= 0.6 is 0 Å². The first-order chi connectivity index (χ1) is 14.1. The quantitative estimate of drug-likeness (QED) is 0.285. The lowest BCUT2D eigenvalue weighted by Gasteiger charge is -2.46. The van der Waals surface area contributed by atoms with Crippen molar-refractivity contribution in [3.63, 3.8) is 0 Å².